The average molecular weight is 320 g/mol. The van der Waals surface area contributed by atoms with E-state index >= 15 is 0 Å². The van der Waals surface area contributed by atoms with Crippen LogP contribution in [0.3, 0.4) is 0 Å². The van der Waals surface area contributed by atoms with Crippen LogP contribution in [0.5, 0.6) is 5.75 Å². The van der Waals surface area contributed by atoms with Gasteiger partial charge in [0.25, 0.3) is 5.56 Å². The van der Waals surface area contributed by atoms with Crippen molar-refractivity contribution in [1.29, 1.82) is 0 Å². The zero-order valence-electron chi connectivity index (χ0n) is 10.4. The zero-order chi connectivity index (χ0) is 13.2. The molecule has 0 spiro atoms. The van der Waals surface area contributed by atoms with Gasteiger partial charge in [0.05, 0.1) is 6.61 Å². The number of fused-ring (bicyclic) bond motifs is 1. The lowest BCUT2D eigenvalue weighted by molar-refractivity contribution is 0.357. The molecule has 3 nitrogen and oxygen atoms in total. The molecule has 0 saturated carbocycles. The molecule has 98 valence electrons. The fraction of sp³-hybridized carbons (Fsp3) is 0.267. The lowest BCUT2D eigenvalue weighted by Gasteiger charge is -2.07. The van der Waals surface area contributed by atoms with Crippen molar-refractivity contribution < 1.29 is 4.74 Å². The summed E-state index contributed by atoms with van der Waals surface area (Å²) in [6.45, 7) is 1.48. The van der Waals surface area contributed by atoms with E-state index in [9.17, 15) is 4.79 Å². The first-order valence-corrected chi connectivity index (χ1v) is 7.12. The lowest BCUT2D eigenvalue weighted by Crippen LogP contribution is -2.19. The summed E-state index contributed by atoms with van der Waals surface area (Å²) in [5.41, 5.74) is 2.55. The van der Waals surface area contributed by atoms with E-state index < -0.39 is 0 Å². The van der Waals surface area contributed by atoms with E-state index in [2.05, 4.69) is 28.1 Å². The molecule has 0 bridgehead atoms. The van der Waals surface area contributed by atoms with E-state index in [0.717, 1.165) is 29.7 Å². The molecule has 0 unspecified atom stereocenters. The van der Waals surface area contributed by atoms with Crippen molar-refractivity contribution in [3.05, 3.63) is 62.5 Å². The van der Waals surface area contributed by atoms with Gasteiger partial charge in [-0.1, -0.05) is 28.1 Å². The summed E-state index contributed by atoms with van der Waals surface area (Å²) in [6, 6.07) is 9.77. The van der Waals surface area contributed by atoms with Crippen LogP contribution in [0.25, 0.3) is 0 Å². The van der Waals surface area contributed by atoms with Gasteiger partial charge < -0.3 is 9.30 Å². The van der Waals surface area contributed by atoms with Gasteiger partial charge >= 0.3 is 0 Å². The van der Waals surface area contributed by atoms with Crippen LogP contribution in [-0.2, 0) is 19.4 Å². The molecule has 4 heteroatoms. The van der Waals surface area contributed by atoms with Crippen molar-refractivity contribution in [2.24, 2.45) is 0 Å². The Labute approximate surface area is 120 Å². The quantitative estimate of drug-likeness (QED) is 0.871. The van der Waals surface area contributed by atoms with Gasteiger partial charge in [-0.3, -0.25) is 4.79 Å². The first-order chi connectivity index (χ1) is 9.22. The molecule has 2 aromatic rings. The molecule has 2 heterocycles. The van der Waals surface area contributed by atoms with Crippen LogP contribution in [0.4, 0.5) is 0 Å². The van der Waals surface area contributed by atoms with E-state index in [1.54, 1.807) is 10.6 Å². The lowest BCUT2D eigenvalue weighted by atomic mass is 10.1. The minimum atomic E-state index is 0.0267. The highest BCUT2D eigenvalue weighted by Crippen LogP contribution is 2.26. The Morgan fingerprint density at radius 3 is 3.00 bits per heavy atom. The third kappa shape index (κ3) is 2.73. The third-order valence-electron chi connectivity index (χ3n) is 3.35. The maximum atomic E-state index is 11.8. The number of pyridine rings is 1. The second-order valence-electron chi connectivity index (χ2n) is 4.67. The molecule has 0 atom stereocenters. The minimum Gasteiger partial charge on any atom is -0.493 e. The highest BCUT2D eigenvalue weighted by atomic mass is 79.9. The number of aryl methyl sites for hydroxylation is 2. The summed E-state index contributed by atoms with van der Waals surface area (Å²) in [7, 11) is 0. The summed E-state index contributed by atoms with van der Waals surface area (Å²) in [6.07, 6.45) is 3.67. The SMILES string of the molecule is O=c1cc(Br)ccn1CCc1ccc2c(c1)CCO2. The number of halogens is 1. The van der Waals surface area contributed by atoms with Crippen molar-refractivity contribution in [1.82, 2.24) is 4.57 Å². The van der Waals surface area contributed by atoms with Crippen molar-refractivity contribution in [3.63, 3.8) is 0 Å². The van der Waals surface area contributed by atoms with Crippen LogP contribution in [0.1, 0.15) is 11.1 Å². The maximum Gasteiger partial charge on any atom is 0.251 e. The fourth-order valence-corrected chi connectivity index (χ4v) is 2.63. The van der Waals surface area contributed by atoms with Crippen molar-refractivity contribution >= 4 is 15.9 Å². The number of aromatic nitrogens is 1. The molecule has 0 N–H and O–H groups in total. The second-order valence-corrected chi connectivity index (χ2v) is 5.58. The van der Waals surface area contributed by atoms with E-state index in [4.69, 9.17) is 4.74 Å². The van der Waals surface area contributed by atoms with Crippen molar-refractivity contribution in [2.45, 2.75) is 19.4 Å². The topological polar surface area (TPSA) is 31.2 Å². The molecule has 0 fully saturated rings. The molecule has 1 aromatic carbocycles. The number of ether oxygens (including phenoxy) is 1. The molecular formula is C15H14BrNO2. The van der Waals surface area contributed by atoms with Gasteiger partial charge in [-0.05, 0) is 29.7 Å². The van der Waals surface area contributed by atoms with E-state index in [1.165, 1.54) is 11.1 Å². The molecule has 0 radical (unpaired) electrons. The number of benzene rings is 1. The monoisotopic (exact) mass is 319 g/mol. The summed E-state index contributed by atoms with van der Waals surface area (Å²) < 4.78 is 8.04. The zero-order valence-corrected chi connectivity index (χ0v) is 12.0. The van der Waals surface area contributed by atoms with Gasteiger partial charge in [-0.25, -0.2) is 0 Å². The smallest absolute Gasteiger partial charge is 0.251 e. The average Bonchev–Trinajstić information content (AvgIpc) is 2.85. The van der Waals surface area contributed by atoms with Gasteiger partial charge in [-0.15, -0.1) is 0 Å². The van der Waals surface area contributed by atoms with Gasteiger partial charge in [0.15, 0.2) is 0 Å². The normalized spacial score (nSPS) is 13.1. The summed E-state index contributed by atoms with van der Waals surface area (Å²) in [5.74, 6) is 1.00. The number of nitrogens with zero attached hydrogens (tertiary/aromatic N) is 1. The van der Waals surface area contributed by atoms with E-state index in [0.29, 0.717) is 6.54 Å². The van der Waals surface area contributed by atoms with Crippen molar-refractivity contribution in [2.75, 3.05) is 6.61 Å². The Bertz CT molecular complexity index is 663. The van der Waals surface area contributed by atoms with Crippen LogP contribution in [-0.4, -0.2) is 11.2 Å². The van der Waals surface area contributed by atoms with Gasteiger partial charge in [0.2, 0.25) is 0 Å². The molecule has 0 amide bonds. The molecule has 19 heavy (non-hydrogen) atoms. The van der Waals surface area contributed by atoms with Crippen LogP contribution in [0.2, 0.25) is 0 Å². The Kier molecular flexibility index (Phi) is 3.42. The minimum absolute atomic E-state index is 0.0267. The van der Waals surface area contributed by atoms with Gasteiger partial charge in [-0.2, -0.15) is 0 Å². The van der Waals surface area contributed by atoms with Crippen LogP contribution in [0.15, 0.2) is 45.8 Å². The third-order valence-corrected chi connectivity index (χ3v) is 3.85. The Morgan fingerprint density at radius 2 is 2.16 bits per heavy atom. The number of hydrogen-bond acceptors (Lipinski definition) is 2. The number of hydrogen-bond donors (Lipinski definition) is 0. The summed E-state index contributed by atoms with van der Waals surface area (Å²) in [5, 5.41) is 0. The van der Waals surface area contributed by atoms with Crippen LogP contribution in [0, 0.1) is 0 Å². The van der Waals surface area contributed by atoms with Crippen molar-refractivity contribution in [3.8, 4) is 5.75 Å². The van der Waals surface area contributed by atoms with Gasteiger partial charge in [0, 0.05) is 29.7 Å². The van der Waals surface area contributed by atoms with Gasteiger partial charge in [0.1, 0.15) is 5.75 Å². The molecule has 1 aromatic heterocycles. The predicted octanol–water partition coefficient (Wildman–Crippen LogP) is 2.79. The first-order valence-electron chi connectivity index (χ1n) is 6.33. The Morgan fingerprint density at radius 1 is 1.26 bits per heavy atom. The predicted molar refractivity (Wildman–Crippen MR) is 77.7 cm³/mol. The number of rotatable bonds is 3. The summed E-state index contributed by atoms with van der Waals surface area (Å²) in [4.78, 5) is 11.8. The highest BCUT2D eigenvalue weighted by molar-refractivity contribution is 9.10. The largest absolute Gasteiger partial charge is 0.493 e. The Balaban J connectivity index is 1.74. The molecule has 1 aliphatic rings. The van der Waals surface area contributed by atoms with E-state index in [-0.39, 0.29) is 5.56 Å². The molecule has 0 aliphatic carbocycles. The second kappa shape index (κ2) is 5.21. The fourth-order valence-electron chi connectivity index (χ4n) is 2.31. The molecule has 0 saturated heterocycles. The van der Waals surface area contributed by atoms with Crippen LogP contribution < -0.4 is 10.3 Å². The molecule has 1 aliphatic heterocycles. The van der Waals surface area contributed by atoms with Crippen LogP contribution >= 0.6 is 15.9 Å². The first kappa shape index (κ1) is 12.5. The standard InChI is InChI=1S/C15H14BrNO2/c16-13-4-7-17(15(18)10-13)6-3-11-1-2-14-12(9-11)5-8-19-14/h1-2,4,7,9-10H,3,5-6,8H2. The summed E-state index contributed by atoms with van der Waals surface area (Å²) >= 11 is 3.30. The highest BCUT2D eigenvalue weighted by Gasteiger charge is 2.11. The van der Waals surface area contributed by atoms with E-state index in [1.807, 2.05) is 18.3 Å². The Hall–Kier alpha value is -1.55. The molecule has 3 rings (SSSR count). The molecular weight excluding hydrogens is 306 g/mol. The maximum absolute atomic E-state index is 11.8.